The molecule has 33 heavy (non-hydrogen) atoms. The van der Waals surface area contributed by atoms with Crippen molar-refractivity contribution in [2.24, 2.45) is 0 Å². The smallest absolute Gasteiger partial charge is 0.253 e. The van der Waals surface area contributed by atoms with E-state index in [1.165, 1.54) is 10.6 Å². The van der Waals surface area contributed by atoms with Gasteiger partial charge in [-0.2, -0.15) is 0 Å². The molecule has 6 rings (SSSR count). The van der Waals surface area contributed by atoms with Crippen LogP contribution < -0.4 is 10.1 Å². The van der Waals surface area contributed by atoms with Crippen molar-refractivity contribution in [1.82, 2.24) is 9.47 Å². The number of benzene rings is 2. The van der Waals surface area contributed by atoms with Gasteiger partial charge in [-0.25, -0.2) is 0 Å². The van der Waals surface area contributed by atoms with E-state index in [1.807, 2.05) is 41.3 Å². The monoisotopic (exact) mass is 455 g/mol. The zero-order chi connectivity index (χ0) is 22.4. The SMILES string of the molecule is COc1ccc2c(c1)NC1(CCN(C(=O)c3ccc(-c4cccs4)cc3)CC1)c1cccn1-2. The summed E-state index contributed by atoms with van der Waals surface area (Å²) in [5.74, 6) is 0.946. The second kappa shape index (κ2) is 7.81. The van der Waals surface area contributed by atoms with Crippen LogP contribution in [0.4, 0.5) is 5.69 Å². The van der Waals surface area contributed by atoms with E-state index in [-0.39, 0.29) is 11.4 Å². The molecule has 6 heteroatoms. The standard InChI is InChI=1S/C27H25N3O2S/c1-32-21-10-11-23-22(18-21)28-27(25-5-2-14-30(23)25)12-15-29(16-13-27)26(31)20-8-6-19(7-9-20)24-4-3-17-33-24/h2-11,14,17-18,28H,12-13,15-16H2,1H3. The summed E-state index contributed by atoms with van der Waals surface area (Å²) in [5, 5.41) is 5.89. The van der Waals surface area contributed by atoms with Crippen LogP contribution in [0.25, 0.3) is 16.1 Å². The predicted octanol–water partition coefficient (Wildman–Crippen LogP) is 5.77. The van der Waals surface area contributed by atoms with Crippen LogP contribution in [0.1, 0.15) is 28.9 Å². The quantitative estimate of drug-likeness (QED) is 0.427. The lowest BCUT2D eigenvalue weighted by Gasteiger charge is -2.46. The third-order valence-electron chi connectivity index (χ3n) is 6.92. The predicted molar refractivity (Wildman–Crippen MR) is 133 cm³/mol. The lowest BCUT2D eigenvalue weighted by molar-refractivity contribution is 0.0676. The molecule has 1 fully saturated rings. The number of thiophene rings is 1. The maximum absolute atomic E-state index is 13.2. The van der Waals surface area contributed by atoms with Crippen LogP contribution >= 0.6 is 11.3 Å². The van der Waals surface area contributed by atoms with E-state index in [1.54, 1.807) is 18.4 Å². The number of likely N-dealkylation sites (tertiary alicyclic amines) is 1. The molecule has 1 saturated heterocycles. The van der Waals surface area contributed by atoms with Crippen molar-refractivity contribution in [2.45, 2.75) is 18.4 Å². The number of rotatable bonds is 3. The number of carbonyl (C=O) groups excluding carboxylic acids is 1. The molecule has 0 bridgehead atoms. The molecule has 0 saturated carbocycles. The van der Waals surface area contributed by atoms with Gasteiger partial charge in [0.15, 0.2) is 0 Å². The summed E-state index contributed by atoms with van der Waals surface area (Å²) in [6.45, 7) is 1.42. The summed E-state index contributed by atoms with van der Waals surface area (Å²) in [5.41, 5.74) is 5.17. The Morgan fingerprint density at radius 3 is 2.58 bits per heavy atom. The Kier molecular flexibility index (Phi) is 4.76. The number of carbonyl (C=O) groups is 1. The van der Waals surface area contributed by atoms with Crippen molar-refractivity contribution >= 4 is 22.9 Å². The summed E-state index contributed by atoms with van der Waals surface area (Å²) in [6, 6.07) is 22.6. The maximum Gasteiger partial charge on any atom is 0.253 e. The first-order valence-electron chi connectivity index (χ1n) is 11.2. The molecule has 2 aliphatic rings. The maximum atomic E-state index is 13.2. The van der Waals surface area contributed by atoms with Crippen LogP contribution in [0.5, 0.6) is 5.75 Å². The molecule has 1 N–H and O–H groups in total. The Labute approximate surface area is 197 Å². The molecule has 4 aromatic rings. The molecular formula is C27H25N3O2S. The van der Waals surface area contributed by atoms with Gasteiger partial charge >= 0.3 is 0 Å². The topological polar surface area (TPSA) is 46.5 Å². The number of hydrogen-bond acceptors (Lipinski definition) is 4. The van der Waals surface area contributed by atoms with Gasteiger partial charge < -0.3 is 19.5 Å². The highest BCUT2D eigenvalue weighted by Crippen LogP contribution is 2.44. The Bertz CT molecular complexity index is 1300. The molecule has 1 amide bonds. The van der Waals surface area contributed by atoms with Crippen LogP contribution in [0.15, 0.2) is 78.3 Å². The fourth-order valence-corrected chi connectivity index (χ4v) is 5.86. The fourth-order valence-electron chi connectivity index (χ4n) is 5.13. The Morgan fingerprint density at radius 1 is 1.03 bits per heavy atom. The Hall–Kier alpha value is -3.51. The lowest BCUT2D eigenvalue weighted by Crippen LogP contribution is -2.51. The Balaban J connectivity index is 1.22. The minimum absolute atomic E-state index is 0.107. The molecule has 0 radical (unpaired) electrons. The van der Waals surface area contributed by atoms with Gasteiger partial charge in [-0.3, -0.25) is 4.79 Å². The molecule has 166 valence electrons. The summed E-state index contributed by atoms with van der Waals surface area (Å²) < 4.78 is 7.72. The molecule has 0 unspecified atom stereocenters. The van der Waals surface area contributed by atoms with E-state index in [0.717, 1.165) is 41.1 Å². The lowest BCUT2D eigenvalue weighted by atomic mass is 9.82. The Morgan fingerprint density at radius 2 is 1.85 bits per heavy atom. The van der Waals surface area contributed by atoms with Crippen molar-refractivity contribution in [3.63, 3.8) is 0 Å². The van der Waals surface area contributed by atoms with E-state index in [0.29, 0.717) is 13.1 Å². The number of anilines is 1. The number of nitrogens with zero attached hydrogens (tertiary/aromatic N) is 2. The van der Waals surface area contributed by atoms with Gasteiger partial charge in [-0.05, 0) is 66.2 Å². The van der Waals surface area contributed by atoms with E-state index < -0.39 is 0 Å². The second-order valence-corrected chi connectivity index (χ2v) is 9.65. The van der Waals surface area contributed by atoms with Crippen LogP contribution in [0.2, 0.25) is 0 Å². The first kappa shape index (κ1) is 20.1. The second-order valence-electron chi connectivity index (χ2n) is 8.70. The number of methoxy groups -OCH3 is 1. The van der Waals surface area contributed by atoms with E-state index in [2.05, 4.69) is 51.8 Å². The average Bonchev–Trinajstić information content (AvgIpc) is 3.57. The first-order valence-corrected chi connectivity index (χ1v) is 12.1. The van der Waals surface area contributed by atoms with Crippen molar-refractivity contribution in [1.29, 1.82) is 0 Å². The zero-order valence-corrected chi connectivity index (χ0v) is 19.3. The summed E-state index contributed by atoms with van der Waals surface area (Å²) >= 11 is 1.71. The third kappa shape index (κ3) is 3.33. The average molecular weight is 456 g/mol. The normalized spacial score (nSPS) is 16.1. The van der Waals surface area contributed by atoms with Crippen LogP contribution in [0, 0.1) is 0 Å². The highest BCUT2D eigenvalue weighted by Gasteiger charge is 2.42. The van der Waals surface area contributed by atoms with Crippen molar-refractivity contribution in [3.05, 3.63) is 89.6 Å². The van der Waals surface area contributed by atoms with Crippen LogP contribution in [-0.2, 0) is 5.54 Å². The number of nitrogens with one attached hydrogen (secondary N) is 1. The molecule has 4 heterocycles. The highest BCUT2D eigenvalue weighted by molar-refractivity contribution is 7.13. The summed E-state index contributed by atoms with van der Waals surface area (Å²) in [7, 11) is 1.69. The molecular weight excluding hydrogens is 430 g/mol. The minimum atomic E-state index is -0.192. The number of ether oxygens (including phenoxy) is 1. The van der Waals surface area contributed by atoms with E-state index in [9.17, 15) is 4.79 Å². The molecule has 5 nitrogen and oxygen atoms in total. The number of aromatic nitrogens is 1. The van der Waals surface area contributed by atoms with Crippen molar-refractivity contribution < 1.29 is 9.53 Å². The fraction of sp³-hybridized carbons (Fsp3) is 0.222. The molecule has 0 aliphatic carbocycles. The molecule has 2 aromatic heterocycles. The molecule has 0 atom stereocenters. The van der Waals surface area contributed by atoms with Gasteiger partial charge in [0.2, 0.25) is 0 Å². The van der Waals surface area contributed by atoms with Gasteiger partial charge in [0.05, 0.1) is 24.0 Å². The van der Waals surface area contributed by atoms with E-state index >= 15 is 0 Å². The minimum Gasteiger partial charge on any atom is -0.497 e. The van der Waals surface area contributed by atoms with Crippen LogP contribution in [0.3, 0.4) is 0 Å². The van der Waals surface area contributed by atoms with Crippen LogP contribution in [-0.4, -0.2) is 35.6 Å². The number of fused-ring (bicyclic) bond motifs is 4. The summed E-state index contributed by atoms with van der Waals surface area (Å²) in [4.78, 5) is 16.4. The highest BCUT2D eigenvalue weighted by atomic mass is 32.1. The molecule has 1 spiro atoms. The number of hydrogen-bond donors (Lipinski definition) is 1. The zero-order valence-electron chi connectivity index (χ0n) is 18.5. The van der Waals surface area contributed by atoms with Gasteiger partial charge in [-0.15, -0.1) is 11.3 Å². The van der Waals surface area contributed by atoms with Gasteiger partial charge in [0.1, 0.15) is 5.75 Å². The van der Waals surface area contributed by atoms with Gasteiger partial charge in [0, 0.05) is 41.5 Å². The van der Waals surface area contributed by atoms with Gasteiger partial charge in [0.25, 0.3) is 5.91 Å². The van der Waals surface area contributed by atoms with E-state index in [4.69, 9.17) is 4.74 Å². The molecule has 2 aliphatic heterocycles. The number of piperidine rings is 1. The summed E-state index contributed by atoms with van der Waals surface area (Å²) in [6.07, 6.45) is 3.83. The first-order chi connectivity index (χ1) is 16.2. The largest absolute Gasteiger partial charge is 0.497 e. The molecule has 2 aromatic carbocycles. The third-order valence-corrected chi connectivity index (χ3v) is 7.84. The van der Waals surface area contributed by atoms with Crippen molar-refractivity contribution in [3.8, 4) is 21.9 Å². The van der Waals surface area contributed by atoms with Crippen molar-refractivity contribution in [2.75, 3.05) is 25.5 Å². The van der Waals surface area contributed by atoms with Gasteiger partial charge in [-0.1, -0.05) is 18.2 Å². The number of amides is 1.